The van der Waals surface area contributed by atoms with Crippen molar-refractivity contribution in [1.29, 1.82) is 0 Å². The molecule has 0 spiro atoms. The van der Waals surface area contributed by atoms with E-state index in [4.69, 9.17) is 43.2 Å². The van der Waals surface area contributed by atoms with E-state index in [0.717, 1.165) is 0 Å². The third-order valence-electron chi connectivity index (χ3n) is 3.94. The van der Waals surface area contributed by atoms with Crippen LogP contribution in [0, 0.1) is 0 Å². The molecule has 3 rings (SSSR count). The van der Waals surface area contributed by atoms with Crippen LogP contribution >= 0.6 is 23.2 Å². The number of anilines is 1. The Balaban J connectivity index is 2.06. The lowest BCUT2D eigenvalue weighted by atomic mass is 10.1. The highest BCUT2D eigenvalue weighted by Crippen LogP contribution is 2.36. The van der Waals surface area contributed by atoms with E-state index in [1.165, 1.54) is 30.3 Å². The average Bonchev–Trinajstić information content (AvgIpc) is 3.02. The highest BCUT2D eigenvalue weighted by Gasteiger charge is 2.25. The quantitative estimate of drug-likeness (QED) is 0.418. The lowest BCUT2D eigenvalue weighted by Crippen LogP contribution is -2.21. The smallest absolute Gasteiger partial charge is 0.316 e. The number of halogens is 2. The number of benzene rings is 2. The number of aliphatic hydroxyl groups excluding tert-OH is 2. The van der Waals surface area contributed by atoms with Gasteiger partial charge in [0.15, 0.2) is 5.76 Å². The first-order valence-corrected chi connectivity index (χ1v) is 9.10. The monoisotopic (exact) mass is 438 g/mol. The van der Waals surface area contributed by atoms with Crippen LogP contribution in [0.4, 0.5) is 10.5 Å². The fourth-order valence-electron chi connectivity index (χ4n) is 2.61. The number of rotatable bonds is 7. The minimum absolute atomic E-state index is 0.0525. The summed E-state index contributed by atoms with van der Waals surface area (Å²) in [5.74, 6) is -0.429. The van der Waals surface area contributed by atoms with Crippen molar-refractivity contribution in [2.45, 2.75) is 6.10 Å². The van der Waals surface area contributed by atoms with Crippen molar-refractivity contribution in [1.82, 2.24) is 0 Å². The molecule has 1 unspecified atom stereocenters. The number of aliphatic hydroxyl groups is 2. The van der Waals surface area contributed by atoms with E-state index in [-0.39, 0.29) is 34.2 Å². The first-order chi connectivity index (χ1) is 13.8. The molecule has 0 bridgehead atoms. The number of primary amides is 1. The predicted molar refractivity (Wildman–Crippen MR) is 108 cm³/mol. The molecule has 5 N–H and O–H groups in total. The van der Waals surface area contributed by atoms with Gasteiger partial charge in [-0.1, -0.05) is 23.2 Å². The summed E-state index contributed by atoms with van der Waals surface area (Å²) in [6.07, 6.45) is -1.05. The third kappa shape index (κ3) is 4.63. The molecule has 8 nitrogen and oxygen atoms in total. The zero-order chi connectivity index (χ0) is 21.1. The number of hydrogen-bond donors (Lipinski definition) is 4. The van der Waals surface area contributed by atoms with Gasteiger partial charge in [-0.15, -0.1) is 0 Å². The summed E-state index contributed by atoms with van der Waals surface area (Å²) in [4.78, 5) is 24.5. The minimum atomic E-state index is -1.05. The third-order valence-corrected chi connectivity index (χ3v) is 4.49. The molecule has 0 radical (unpaired) electrons. The molecule has 2 amide bonds. The molecule has 29 heavy (non-hydrogen) atoms. The van der Waals surface area contributed by atoms with Gasteiger partial charge in [-0.2, -0.15) is 0 Å². The average molecular weight is 439 g/mol. The van der Waals surface area contributed by atoms with E-state index >= 15 is 0 Å². The minimum Gasteiger partial charge on any atom is -0.491 e. The standard InChI is InChI=1S/C19H16Cl2N2O6/c20-9-1-3-12(14(21)5-9)17(26)18-16(23-19(22)27)13-6-11(2-4-15(13)29-18)28-8-10(25)7-24/h1-6,10,24-25H,7-8H2,(H3,22,23,27). The highest BCUT2D eigenvalue weighted by atomic mass is 35.5. The van der Waals surface area contributed by atoms with Crippen LogP contribution in [0.5, 0.6) is 5.75 Å². The largest absolute Gasteiger partial charge is 0.491 e. The zero-order valence-electron chi connectivity index (χ0n) is 14.8. The number of carbonyl (C=O) groups excluding carboxylic acids is 2. The number of carbonyl (C=O) groups is 2. The van der Waals surface area contributed by atoms with Crippen LogP contribution in [0.25, 0.3) is 11.0 Å². The summed E-state index contributed by atoms with van der Waals surface area (Å²) in [7, 11) is 0. The van der Waals surface area contributed by atoms with Crippen molar-refractivity contribution in [3.63, 3.8) is 0 Å². The van der Waals surface area contributed by atoms with Gasteiger partial charge >= 0.3 is 6.03 Å². The molecule has 3 aromatic rings. The fourth-order valence-corrected chi connectivity index (χ4v) is 3.11. The number of urea groups is 1. The molecular formula is C19H16Cl2N2O6. The van der Waals surface area contributed by atoms with Crippen molar-refractivity contribution < 1.29 is 29.0 Å². The van der Waals surface area contributed by atoms with Gasteiger partial charge < -0.3 is 30.4 Å². The number of furan rings is 1. The van der Waals surface area contributed by atoms with Gasteiger partial charge in [0.05, 0.1) is 11.6 Å². The van der Waals surface area contributed by atoms with Crippen LogP contribution in [0.3, 0.4) is 0 Å². The summed E-state index contributed by atoms with van der Waals surface area (Å²) in [6.45, 7) is -0.604. The molecule has 1 atom stereocenters. The highest BCUT2D eigenvalue weighted by molar-refractivity contribution is 6.37. The molecule has 1 aromatic heterocycles. The maximum Gasteiger partial charge on any atom is 0.316 e. The molecule has 0 saturated carbocycles. The first-order valence-electron chi connectivity index (χ1n) is 8.34. The molecule has 10 heteroatoms. The van der Waals surface area contributed by atoms with Crippen LogP contribution in [-0.4, -0.2) is 41.3 Å². The lowest BCUT2D eigenvalue weighted by molar-refractivity contribution is 0.0536. The normalized spacial score (nSPS) is 12.0. The van der Waals surface area contributed by atoms with Gasteiger partial charge in [0.2, 0.25) is 5.78 Å². The Kier molecular flexibility index (Phi) is 6.29. The zero-order valence-corrected chi connectivity index (χ0v) is 16.3. The van der Waals surface area contributed by atoms with Gasteiger partial charge in [0.25, 0.3) is 0 Å². The van der Waals surface area contributed by atoms with Crippen molar-refractivity contribution in [3.05, 3.63) is 57.8 Å². The van der Waals surface area contributed by atoms with Gasteiger partial charge in [-0.3, -0.25) is 4.79 Å². The van der Waals surface area contributed by atoms with E-state index < -0.39 is 24.5 Å². The SMILES string of the molecule is NC(=O)Nc1c(C(=O)c2ccc(Cl)cc2Cl)oc2ccc(OCC(O)CO)cc12. The number of hydrogen-bond acceptors (Lipinski definition) is 6. The van der Waals surface area contributed by atoms with Crippen LogP contribution < -0.4 is 15.8 Å². The maximum absolute atomic E-state index is 13.0. The van der Waals surface area contributed by atoms with E-state index in [0.29, 0.717) is 16.2 Å². The predicted octanol–water partition coefficient (Wildman–Crippen LogP) is 3.19. The van der Waals surface area contributed by atoms with Crippen molar-refractivity contribution in [3.8, 4) is 5.75 Å². The lowest BCUT2D eigenvalue weighted by Gasteiger charge is -2.10. The molecule has 0 saturated heterocycles. The first kappa shape index (κ1) is 20.9. The van der Waals surface area contributed by atoms with E-state index in [9.17, 15) is 14.7 Å². The summed E-state index contributed by atoms with van der Waals surface area (Å²) < 4.78 is 11.0. The summed E-state index contributed by atoms with van der Waals surface area (Å²) in [5.41, 5.74) is 5.72. The Bertz CT molecular complexity index is 1080. The topological polar surface area (TPSA) is 135 Å². The second-order valence-electron chi connectivity index (χ2n) is 6.05. The number of amides is 2. The number of nitrogens with one attached hydrogen (secondary N) is 1. The van der Waals surface area contributed by atoms with Crippen molar-refractivity contribution in [2.75, 3.05) is 18.5 Å². The maximum atomic E-state index is 13.0. The molecule has 2 aromatic carbocycles. The molecule has 1 heterocycles. The summed E-state index contributed by atoms with van der Waals surface area (Å²) in [6, 6.07) is 8.05. The molecule has 0 fully saturated rings. The fraction of sp³-hybridized carbons (Fsp3) is 0.158. The Morgan fingerprint density at radius 1 is 1.21 bits per heavy atom. The van der Waals surface area contributed by atoms with Gasteiger partial charge in [-0.25, -0.2) is 4.79 Å². The molecule has 0 aliphatic heterocycles. The molecule has 152 valence electrons. The van der Waals surface area contributed by atoms with Crippen LogP contribution in [0.2, 0.25) is 10.0 Å². The van der Waals surface area contributed by atoms with E-state index in [1.807, 2.05) is 0 Å². The van der Waals surface area contributed by atoms with Gasteiger partial charge in [0, 0.05) is 16.0 Å². The van der Waals surface area contributed by atoms with Gasteiger partial charge in [0.1, 0.15) is 29.7 Å². The van der Waals surface area contributed by atoms with Crippen LogP contribution in [0.15, 0.2) is 40.8 Å². The Hall–Kier alpha value is -2.78. The van der Waals surface area contributed by atoms with Crippen molar-refractivity contribution >= 4 is 51.7 Å². The van der Waals surface area contributed by atoms with Crippen LogP contribution in [0.1, 0.15) is 16.1 Å². The Labute approximate surface area is 174 Å². The van der Waals surface area contributed by atoms with Crippen LogP contribution in [-0.2, 0) is 0 Å². The number of nitrogens with two attached hydrogens (primary N) is 1. The number of fused-ring (bicyclic) bond motifs is 1. The number of ether oxygens (including phenoxy) is 1. The molecule has 0 aliphatic carbocycles. The summed E-state index contributed by atoms with van der Waals surface area (Å²) >= 11 is 12.0. The summed E-state index contributed by atoms with van der Waals surface area (Å²) in [5, 5.41) is 21.5. The van der Waals surface area contributed by atoms with E-state index in [1.54, 1.807) is 6.07 Å². The molecular weight excluding hydrogens is 423 g/mol. The number of ketones is 1. The Morgan fingerprint density at radius 3 is 2.62 bits per heavy atom. The second-order valence-corrected chi connectivity index (χ2v) is 6.90. The van der Waals surface area contributed by atoms with Gasteiger partial charge in [-0.05, 0) is 36.4 Å². The molecule has 0 aliphatic rings. The van der Waals surface area contributed by atoms with E-state index in [2.05, 4.69) is 5.32 Å². The Morgan fingerprint density at radius 2 is 1.97 bits per heavy atom. The van der Waals surface area contributed by atoms with Crippen molar-refractivity contribution in [2.24, 2.45) is 5.73 Å². The second kappa shape index (κ2) is 8.71.